The highest BCUT2D eigenvalue weighted by molar-refractivity contribution is 5.91. The normalized spacial score (nSPS) is 12.1. The molecule has 24 heavy (non-hydrogen) atoms. The molecule has 0 aliphatic heterocycles. The SMILES string of the molecule is COc1cccc(/C=C/C(=O)NC[C@@H](OC)c2ccc(O)cc2)c1. The van der Waals surface area contributed by atoms with Crippen LogP contribution in [0.25, 0.3) is 6.08 Å². The zero-order valence-electron chi connectivity index (χ0n) is 13.7. The molecular formula is C19H21NO4. The molecule has 2 N–H and O–H groups in total. The predicted octanol–water partition coefficient (Wildman–Crippen LogP) is 2.92. The van der Waals surface area contributed by atoms with Gasteiger partial charge in [-0.15, -0.1) is 0 Å². The van der Waals surface area contributed by atoms with Crippen LogP contribution < -0.4 is 10.1 Å². The maximum atomic E-state index is 12.0. The van der Waals surface area contributed by atoms with Crippen molar-refractivity contribution in [1.82, 2.24) is 5.32 Å². The largest absolute Gasteiger partial charge is 0.508 e. The number of hydrogen-bond donors (Lipinski definition) is 2. The topological polar surface area (TPSA) is 67.8 Å². The van der Waals surface area contributed by atoms with Crippen molar-refractivity contribution in [2.45, 2.75) is 6.10 Å². The Morgan fingerprint density at radius 2 is 1.96 bits per heavy atom. The summed E-state index contributed by atoms with van der Waals surface area (Å²) in [6, 6.07) is 14.2. The maximum Gasteiger partial charge on any atom is 0.244 e. The second-order valence-electron chi connectivity index (χ2n) is 5.17. The fourth-order valence-electron chi connectivity index (χ4n) is 2.20. The van der Waals surface area contributed by atoms with E-state index >= 15 is 0 Å². The number of ether oxygens (including phenoxy) is 2. The van der Waals surface area contributed by atoms with Gasteiger partial charge in [-0.1, -0.05) is 24.3 Å². The fraction of sp³-hybridized carbons (Fsp3) is 0.211. The molecule has 2 rings (SSSR count). The summed E-state index contributed by atoms with van der Waals surface area (Å²) in [6.45, 7) is 0.336. The zero-order valence-corrected chi connectivity index (χ0v) is 13.7. The van der Waals surface area contributed by atoms with Gasteiger partial charge in [-0.25, -0.2) is 0 Å². The Kier molecular flexibility index (Phi) is 6.40. The number of carbonyl (C=O) groups is 1. The van der Waals surface area contributed by atoms with Crippen molar-refractivity contribution >= 4 is 12.0 Å². The summed E-state index contributed by atoms with van der Waals surface area (Å²) in [5.74, 6) is 0.724. The van der Waals surface area contributed by atoms with Gasteiger partial charge in [-0.05, 0) is 41.5 Å². The first kappa shape index (κ1) is 17.6. The molecule has 0 bridgehead atoms. The third kappa shape index (κ3) is 5.14. The van der Waals surface area contributed by atoms with E-state index in [1.54, 1.807) is 44.6 Å². The molecule has 0 spiro atoms. The summed E-state index contributed by atoms with van der Waals surface area (Å²) < 4.78 is 10.5. The minimum absolute atomic E-state index is 0.193. The van der Waals surface area contributed by atoms with E-state index in [0.717, 1.165) is 16.9 Å². The van der Waals surface area contributed by atoms with Gasteiger partial charge < -0.3 is 19.9 Å². The quantitative estimate of drug-likeness (QED) is 0.767. The van der Waals surface area contributed by atoms with E-state index in [2.05, 4.69) is 5.32 Å². The zero-order chi connectivity index (χ0) is 17.4. The fourth-order valence-corrected chi connectivity index (χ4v) is 2.20. The van der Waals surface area contributed by atoms with Crippen LogP contribution in [0.4, 0.5) is 0 Å². The second kappa shape index (κ2) is 8.74. The lowest BCUT2D eigenvalue weighted by molar-refractivity contribution is -0.117. The maximum absolute atomic E-state index is 12.0. The lowest BCUT2D eigenvalue weighted by Crippen LogP contribution is -2.27. The number of carbonyl (C=O) groups excluding carboxylic acids is 1. The summed E-state index contributed by atoms with van der Waals surface area (Å²) in [4.78, 5) is 12.0. The smallest absolute Gasteiger partial charge is 0.244 e. The molecule has 1 atom stereocenters. The van der Waals surface area contributed by atoms with E-state index in [4.69, 9.17) is 9.47 Å². The highest BCUT2D eigenvalue weighted by Crippen LogP contribution is 2.19. The standard InChI is InChI=1S/C19H21NO4/c1-23-17-5-3-4-14(12-17)6-11-19(22)20-13-18(24-2)15-7-9-16(21)10-8-15/h3-12,18,21H,13H2,1-2H3,(H,20,22)/b11-6+/t18-/m1/s1. The number of hydrogen-bond acceptors (Lipinski definition) is 4. The third-order valence-electron chi connectivity index (χ3n) is 3.53. The summed E-state index contributed by atoms with van der Waals surface area (Å²) >= 11 is 0. The van der Waals surface area contributed by atoms with Crippen molar-refractivity contribution in [1.29, 1.82) is 0 Å². The Bertz CT molecular complexity index is 695. The summed E-state index contributed by atoms with van der Waals surface area (Å²) in [5.41, 5.74) is 1.76. The molecule has 0 saturated heterocycles. The van der Waals surface area contributed by atoms with E-state index in [1.807, 2.05) is 24.3 Å². The van der Waals surface area contributed by atoms with Crippen LogP contribution in [0.15, 0.2) is 54.6 Å². The number of phenols is 1. The first-order valence-electron chi connectivity index (χ1n) is 7.54. The van der Waals surface area contributed by atoms with Gasteiger partial charge in [0.15, 0.2) is 0 Å². The molecule has 0 unspecified atom stereocenters. The van der Waals surface area contributed by atoms with Crippen LogP contribution in [0.1, 0.15) is 17.2 Å². The van der Waals surface area contributed by atoms with Crippen molar-refractivity contribution < 1.29 is 19.4 Å². The number of benzene rings is 2. The van der Waals surface area contributed by atoms with Crippen LogP contribution in [0, 0.1) is 0 Å². The first-order valence-corrected chi connectivity index (χ1v) is 7.54. The molecule has 0 aliphatic rings. The third-order valence-corrected chi connectivity index (χ3v) is 3.53. The lowest BCUT2D eigenvalue weighted by Gasteiger charge is -2.16. The van der Waals surface area contributed by atoms with Gasteiger partial charge in [-0.3, -0.25) is 4.79 Å². The van der Waals surface area contributed by atoms with Crippen LogP contribution >= 0.6 is 0 Å². The van der Waals surface area contributed by atoms with E-state index in [9.17, 15) is 9.90 Å². The van der Waals surface area contributed by atoms with Crippen LogP contribution in [0.5, 0.6) is 11.5 Å². The van der Waals surface area contributed by atoms with Crippen molar-refractivity contribution in [2.75, 3.05) is 20.8 Å². The molecular weight excluding hydrogens is 306 g/mol. The highest BCUT2D eigenvalue weighted by Gasteiger charge is 2.11. The van der Waals surface area contributed by atoms with Crippen molar-refractivity contribution in [3.63, 3.8) is 0 Å². The van der Waals surface area contributed by atoms with E-state index in [0.29, 0.717) is 6.54 Å². The van der Waals surface area contributed by atoms with Crippen LogP contribution in [0.3, 0.4) is 0 Å². The number of aromatic hydroxyl groups is 1. The summed E-state index contributed by atoms with van der Waals surface area (Å²) in [5, 5.41) is 12.1. The Morgan fingerprint density at radius 3 is 2.62 bits per heavy atom. The Balaban J connectivity index is 1.91. The number of rotatable bonds is 7. The summed E-state index contributed by atoms with van der Waals surface area (Å²) in [7, 11) is 3.18. The van der Waals surface area contributed by atoms with E-state index in [-0.39, 0.29) is 17.8 Å². The summed E-state index contributed by atoms with van der Waals surface area (Å²) in [6.07, 6.45) is 2.91. The monoisotopic (exact) mass is 327 g/mol. The number of phenolic OH excluding ortho intramolecular Hbond substituents is 1. The number of methoxy groups -OCH3 is 2. The van der Waals surface area contributed by atoms with Gasteiger partial charge in [0, 0.05) is 19.7 Å². The molecule has 0 fully saturated rings. The van der Waals surface area contributed by atoms with Crippen molar-refractivity contribution in [3.8, 4) is 11.5 Å². The van der Waals surface area contributed by atoms with Crippen LogP contribution in [0.2, 0.25) is 0 Å². The molecule has 0 radical (unpaired) electrons. The van der Waals surface area contributed by atoms with Gasteiger partial charge in [0.2, 0.25) is 5.91 Å². The minimum Gasteiger partial charge on any atom is -0.508 e. The lowest BCUT2D eigenvalue weighted by atomic mass is 10.1. The van der Waals surface area contributed by atoms with E-state index in [1.165, 1.54) is 6.08 Å². The molecule has 1 amide bonds. The van der Waals surface area contributed by atoms with Gasteiger partial charge >= 0.3 is 0 Å². The molecule has 0 heterocycles. The highest BCUT2D eigenvalue weighted by atomic mass is 16.5. The Morgan fingerprint density at radius 1 is 1.21 bits per heavy atom. The number of amides is 1. The molecule has 5 nitrogen and oxygen atoms in total. The van der Waals surface area contributed by atoms with Gasteiger partial charge in [-0.2, -0.15) is 0 Å². The molecule has 2 aromatic carbocycles. The Labute approximate surface area is 141 Å². The predicted molar refractivity (Wildman–Crippen MR) is 92.9 cm³/mol. The molecule has 126 valence electrons. The van der Waals surface area contributed by atoms with Crippen molar-refractivity contribution in [3.05, 3.63) is 65.7 Å². The second-order valence-corrected chi connectivity index (χ2v) is 5.17. The molecule has 2 aromatic rings. The van der Waals surface area contributed by atoms with E-state index < -0.39 is 0 Å². The molecule has 0 aliphatic carbocycles. The average Bonchev–Trinajstić information content (AvgIpc) is 2.62. The minimum atomic E-state index is -0.278. The van der Waals surface area contributed by atoms with Gasteiger partial charge in [0.1, 0.15) is 11.5 Å². The molecule has 0 aromatic heterocycles. The molecule has 0 saturated carbocycles. The van der Waals surface area contributed by atoms with Gasteiger partial charge in [0.25, 0.3) is 0 Å². The van der Waals surface area contributed by atoms with Crippen LogP contribution in [-0.2, 0) is 9.53 Å². The first-order chi connectivity index (χ1) is 11.6. The van der Waals surface area contributed by atoms with Crippen molar-refractivity contribution in [2.24, 2.45) is 0 Å². The Hall–Kier alpha value is -2.79. The van der Waals surface area contributed by atoms with Gasteiger partial charge in [0.05, 0.1) is 13.2 Å². The average molecular weight is 327 g/mol. The molecule has 5 heteroatoms. The number of nitrogens with one attached hydrogen (secondary N) is 1. The van der Waals surface area contributed by atoms with Crippen LogP contribution in [-0.4, -0.2) is 31.8 Å².